The second-order valence-electron chi connectivity index (χ2n) is 4.89. The second-order valence-corrected chi connectivity index (χ2v) is 4.89. The van der Waals surface area contributed by atoms with Crippen LogP contribution in [0, 0.1) is 5.92 Å². The molecule has 16 heavy (non-hydrogen) atoms. The molecule has 3 heteroatoms. The van der Waals surface area contributed by atoms with E-state index in [9.17, 15) is 4.79 Å². The van der Waals surface area contributed by atoms with Crippen LogP contribution in [-0.4, -0.2) is 24.2 Å². The van der Waals surface area contributed by atoms with Crippen molar-refractivity contribution in [2.45, 2.75) is 57.8 Å². The van der Waals surface area contributed by atoms with Crippen LogP contribution in [0.25, 0.3) is 0 Å². The molecular formula is C13H25NO2. The fourth-order valence-corrected chi connectivity index (χ4v) is 2.48. The van der Waals surface area contributed by atoms with Crippen molar-refractivity contribution in [1.82, 2.24) is 5.32 Å². The first-order valence-corrected chi connectivity index (χ1v) is 6.71. The number of aliphatic carboxylic acids is 1. The smallest absolute Gasteiger partial charge is 0.303 e. The molecule has 1 aliphatic carbocycles. The van der Waals surface area contributed by atoms with Crippen LogP contribution in [-0.2, 0) is 4.79 Å². The number of carboxylic acid groups (broad SMARTS) is 1. The largest absolute Gasteiger partial charge is 0.481 e. The molecule has 0 radical (unpaired) electrons. The Hall–Kier alpha value is -0.570. The van der Waals surface area contributed by atoms with Gasteiger partial charge in [-0.15, -0.1) is 0 Å². The zero-order valence-electron chi connectivity index (χ0n) is 10.2. The minimum atomic E-state index is -0.691. The van der Waals surface area contributed by atoms with E-state index in [1.54, 1.807) is 0 Å². The molecule has 1 aliphatic rings. The van der Waals surface area contributed by atoms with Crippen molar-refractivity contribution in [3.8, 4) is 0 Å². The Morgan fingerprint density at radius 3 is 2.50 bits per heavy atom. The maximum Gasteiger partial charge on any atom is 0.303 e. The van der Waals surface area contributed by atoms with E-state index in [2.05, 4.69) is 5.32 Å². The highest BCUT2D eigenvalue weighted by Crippen LogP contribution is 2.26. The van der Waals surface area contributed by atoms with Crippen LogP contribution in [0.2, 0.25) is 0 Å². The molecule has 0 aromatic heterocycles. The van der Waals surface area contributed by atoms with Gasteiger partial charge in [-0.1, -0.05) is 32.1 Å². The van der Waals surface area contributed by atoms with Crippen LogP contribution in [0.1, 0.15) is 57.8 Å². The lowest BCUT2D eigenvalue weighted by molar-refractivity contribution is -0.137. The van der Waals surface area contributed by atoms with Crippen molar-refractivity contribution >= 4 is 5.97 Å². The summed E-state index contributed by atoms with van der Waals surface area (Å²) in [6.07, 6.45) is 10.8. The van der Waals surface area contributed by atoms with Crippen LogP contribution in [0.15, 0.2) is 0 Å². The third kappa shape index (κ3) is 6.83. The molecule has 0 aliphatic heterocycles. The van der Waals surface area contributed by atoms with Gasteiger partial charge in [0, 0.05) is 6.42 Å². The number of rotatable bonds is 8. The molecule has 0 aromatic carbocycles. The first-order valence-electron chi connectivity index (χ1n) is 6.71. The second kappa shape index (κ2) is 8.57. The van der Waals surface area contributed by atoms with Crippen molar-refractivity contribution < 1.29 is 9.90 Å². The quantitative estimate of drug-likeness (QED) is 0.627. The molecule has 0 amide bonds. The van der Waals surface area contributed by atoms with E-state index in [0.717, 1.165) is 25.4 Å². The predicted octanol–water partition coefficient (Wildman–Crippen LogP) is 2.80. The summed E-state index contributed by atoms with van der Waals surface area (Å²) in [6.45, 7) is 1.90. The summed E-state index contributed by atoms with van der Waals surface area (Å²) in [6, 6.07) is 0. The van der Waals surface area contributed by atoms with E-state index >= 15 is 0 Å². The first-order chi connectivity index (χ1) is 7.79. The number of hydrogen-bond acceptors (Lipinski definition) is 2. The minimum absolute atomic E-state index is 0.287. The fourth-order valence-electron chi connectivity index (χ4n) is 2.48. The van der Waals surface area contributed by atoms with Crippen LogP contribution in [0.4, 0.5) is 0 Å². The lowest BCUT2D eigenvalue weighted by Crippen LogP contribution is -2.18. The van der Waals surface area contributed by atoms with E-state index in [-0.39, 0.29) is 6.42 Å². The standard InChI is InChI=1S/C13H25NO2/c15-13(16)9-5-11-14-10-4-8-12-6-2-1-3-7-12/h12,14H,1-11H2,(H,15,16). The molecule has 0 heterocycles. The van der Waals surface area contributed by atoms with Gasteiger partial charge in [-0.25, -0.2) is 0 Å². The average molecular weight is 227 g/mol. The Balaban J connectivity index is 1.82. The molecule has 94 valence electrons. The molecule has 3 nitrogen and oxygen atoms in total. The molecule has 0 saturated heterocycles. The topological polar surface area (TPSA) is 49.3 Å². The van der Waals surface area contributed by atoms with Gasteiger partial charge in [-0.05, 0) is 38.3 Å². The maximum absolute atomic E-state index is 10.3. The summed E-state index contributed by atoms with van der Waals surface area (Å²) < 4.78 is 0. The van der Waals surface area contributed by atoms with E-state index in [1.165, 1.54) is 44.9 Å². The summed E-state index contributed by atoms with van der Waals surface area (Å²) in [7, 11) is 0. The zero-order valence-corrected chi connectivity index (χ0v) is 10.2. The molecule has 0 aromatic rings. The molecule has 0 bridgehead atoms. The van der Waals surface area contributed by atoms with Gasteiger partial charge in [-0.2, -0.15) is 0 Å². The van der Waals surface area contributed by atoms with E-state index in [0.29, 0.717) is 0 Å². The molecule has 1 fully saturated rings. The third-order valence-corrected chi connectivity index (χ3v) is 3.43. The van der Waals surface area contributed by atoms with Crippen molar-refractivity contribution in [3.05, 3.63) is 0 Å². The third-order valence-electron chi connectivity index (χ3n) is 3.43. The summed E-state index contributed by atoms with van der Waals surface area (Å²) in [5.74, 6) is 0.276. The van der Waals surface area contributed by atoms with Gasteiger partial charge >= 0.3 is 5.97 Å². The van der Waals surface area contributed by atoms with Crippen molar-refractivity contribution in [1.29, 1.82) is 0 Å². The van der Waals surface area contributed by atoms with Crippen LogP contribution >= 0.6 is 0 Å². The van der Waals surface area contributed by atoms with Crippen molar-refractivity contribution in [3.63, 3.8) is 0 Å². The molecular weight excluding hydrogens is 202 g/mol. The average Bonchev–Trinajstić information content (AvgIpc) is 2.29. The lowest BCUT2D eigenvalue weighted by Gasteiger charge is -2.21. The summed E-state index contributed by atoms with van der Waals surface area (Å²) in [5, 5.41) is 11.8. The van der Waals surface area contributed by atoms with Gasteiger partial charge in [0.15, 0.2) is 0 Å². The Morgan fingerprint density at radius 1 is 1.12 bits per heavy atom. The Bertz CT molecular complexity index is 188. The number of hydrogen-bond donors (Lipinski definition) is 2. The lowest BCUT2D eigenvalue weighted by atomic mass is 9.86. The number of carboxylic acids is 1. The molecule has 1 rings (SSSR count). The highest BCUT2D eigenvalue weighted by atomic mass is 16.4. The van der Waals surface area contributed by atoms with Crippen LogP contribution in [0.5, 0.6) is 0 Å². The summed E-state index contributed by atoms with van der Waals surface area (Å²) in [5.41, 5.74) is 0. The molecule has 0 unspecified atom stereocenters. The monoisotopic (exact) mass is 227 g/mol. The summed E-state index contributed by atoms with van der Waals surface area (Å²) >= 11 is 0. The van der Waals surface area contributed by atoms with Gasteiger partial charge < -0.3 is 10.4 Å². The van der Waals surface area contributed by atoms with Crippen LogP contribution < -0.4 is 5.32 Å². The zero-order chi connectivity index (χ0) is 11.6. The molecule has 0 atom stereocenters. The Labute approximate surface area is 98.6 Å². The van der Waals surface area contributed by atoms with E-state index < -0.39 is 5.97 Å². The van der Waals surface area contributed by atoms with E-state index in [1.807, 2.05) is 0 Å². The molecule has 2 N–H and O–H groups in total. The van der Waals surface area contributed by atoms with Crippen LogP contribution in [0.3, 0.4) is 0 Å². The highest BCUT2D eigenvalue weighted by Gasteiger charge is 2.12. The number of nitrogens with one attached hydrogen (secondary N) is 1. The maximum atomic E-state index is 10.3. The SMILES string of the molecule is O=C(O)CCCNCCCC1CCCCC1. The Morgan fingerprint density at radius 2 is 1.81 bits per heavy atom. The highest BCUT2D eigenvalue weighted by molar-refractivity contribution is 5.66. The van der Waals surface area contributed by atoms with Crippen molar-refractivity contribution in [2.24, 2.45) is 5.92 Å². The summed E-state index contributed by atoms with van der Waals surface area (Å²) in [4.78, 5) is 10.3. The van der Waals surface area contributed by atoms with Gasteiger partial charge in [0.05, 0.1) is 0 Å². The predicted molar refractivity (Wildman–Crippen MR) is 65.5 cm³/mol. The van der Waals surface area contributed by atoms with Gasteiger partial charge in [0.25, 0.3) is 0 Å². The molecule has 1 saturated carbocycles. The van der Waals surface area contributed by atoms with Gasteiger partial charge in [-0.3, -0.25) is 4.79 Å². The minimum Gasteiger partial charge on any atom is -0.481 e. The van der Waals surface area contributed by atoms with E-state index in [4.69, 9.17) is 5.11 Å². The first kappa shape index (κ1) is 13.5. The van der Waals surface area contributed by atoms with Gasteiger partial charge in [0.2, 0.25) is 0 Å². The normalized spacial score (nSPS) is 17.5. The van der Waals surface area contributed by atoms with Gasteiger partial charge in [0.1, 0.15) is 0 Å². The number of carbonyl (C=O) groups is 1. The Kier molecular flexibility index (Phi) is 7.23. The van der Waals surface area contributed by atoms with Crippen molar-refractivity contribution in [2.75, 3.05) is 13.1 Å². The molecule has 0 spiro atoms. The fraction of sp³-hybridized carbons (Fsp3) is 0.923.